The third-order valence-corrected chi connectivity index (χ3v) is 3.37. The lowest BCUT2D eigenvalue weighted by Gasteiger charge is -2.05. The van der Waals surface area contributed by atoms with Crippen LogP contribution < -0.4 is 10.1 Å². The second-order valence-electron chi connectivity index (χ2n) is 4.87. The first-order chi connectivity index (χ1) is 11.7. The summed E-state index contributed by atoms with van der Waals surface area (Å²) < 4.78 is 5.53. The number of rotatable bonds is 6. The maximum Gasteiger partial charge on any atom is 0.248 e. The second-order valence-corrected chi connectivity index (χ2v) is 5.27. The van der Waals surface area contributed by atoms with Crippen LogP contribution in [-0.2, 0) is 17.9 Å². The van der Waals surface area contributed by atoms with Gasteiger partial charge in [-0.3, -0.25) is 4.79 Å². The first-order valence-electron chi connectivity index (χ1n) is 7.19. The van der Waals surface area contributed by atoms with Crippen molar-refractivity contribution in [2.75, 3.05) is 5.32 Å². The molecule has 2 aromatic carbocycles. The van der Waals surface area contributed by atoms with Crippen molar-refractivity contribution < 1.29 is 9.53 Å². The van der Waals surface area contributed by atoms with E-state index in [4.69, 9.17) is 16.3 Å². The molecule has 0 bridgehead atoms. The lowest BCUT2D eigenvalue weighted by Crippen LogP contribution is -2.20. The summed E-state index contributed by atoms with van der Waals surface area (Å²) in [5.74, 6) is 0.811. The van der Waals surface area contributed by atoms with E-state index in [0.717, 1.165) is 0 Å². The number of ether oxygens (including phenoxy) is 1. The molecule has 0 saturated carbocycles. The number of nitrogens with one attached hydrogen (secondary N) is 1. The molecule has 3 aromatic rings. The van der Waals surface area contributed by atoms with E-state index in [9.17, 15) is 4.79 Å². The zero-order valence-electron chi connectivity index (χ0n) is 12.6. The van der Waals surface area contributed by atoms with Gasteiger partial charge >= 0.3 is 0 Å². The maximum atomic E-state index is 12.0. The predicted octanol–water partition coefficient (Wildman–Crippen LogP) is 2.54. The van der Waals surface area contributed by atoms with Gasteiger partial charge in [-0.15, -0.1) is 10.2 Å². The molecule has 0 fully saturated rings. The Bertz CT molecular complexity index is 822. The van der Waals surface area contributed by atoms with Crippen molar-refractivity contribution in [2.45, 2.75) is 13.2 Å². The van der Waals surface area contributed by atoms with Crippen LogP contribution in [-0.4, -0.2) is 26.1 Å². The fourth-order valence-electron chi connectivity index (χ4n) is 1.95. The Morgan fingerprint density at radius 1 is 1.12 bits per heavy atom. The minimum Gasteiger partial charge on any atom is -0.485 e. The van der Waals surface area contributed by atoms with Crippen LogP contribution in [0, 0.1) is 0 Å². The van der Waals surface area contributed by atoms with Gasteiger partial charge in [0.1, 0.15) is 12.3 Å². The molecule has 1 amide bonds. The molecule has 3 rings (SSSR count). The largest absolute Gasteiger partial charge is 0.485 e. The molecule has 122 valence electrons. The second kappa shape index (κ2) is 7.56. The first kappa shape index (κ1) is 15.9. The third kappa shape index (κ3) is 4.30. The lowest BCUT2D eigenvalue weighted by molar-refractivity contribution is -0.117. The quantitative estimate of drug-likeness (QED) is 0.743. The molecule has 0 aliphatic rings. The lowest BCUT2D eigenvalue weighted by atomic mass is 10.3. The number of halogens is 1. The molecule has 1 aromatic heterocycles. The summed E-state index contributed by atoms with van der Waals surface area (Å²) >= 11 is 5.99. The summed E-state index contributed by atoms with van der Waals surface area (Å²) in [7, 11) is 0. The van der Waals surface area contributed by atoms with Gasteiger partial charge in [-0.1, -0.05) is 41.9 Å². The smallest absolute Gasteiger partial charge is 0.248 e. The van der Waals surface area contributed by atoms with Crippen molar-refractivity contribution in [3.63, 3.8) is 0 Å². The molecule has 0 spiro atoms. The topological polar surface area (TPSA) is 81.9 Å². The van der Waals surface area contributed by atoms with E-state index in [1.54, 1.807) is 24.3 Å². The molecule has 0 saturated heterocycles. The number of aromatic nitrogens is 4. The van der Waals surface area contributed by atoms with E-state index in [0.29, 0.717) is 22.3 Å². The van der Waals surface area contributed by atoms with Gasteiger partial charge in [0.25, 0.3) is 0 Å². The molecule has 8 heteroatoms. The van der Waals surface area contributed by atoms with E-state index in [1.165, 1.54) is 4.80 Å². The maximum absolute atomic E-state index is 12.0. The number of hydrogen-bond acceptors (Lipinski definition) is 5. The van der Waals surface area contributed by atoms with E-state index >= 15 is 0 Å². The molecule has 7 nitrogen and oxygen atoms in total. The fraction of sp³-hybridized carbons (Fsp3) is 0.125. The minimum absolute atomic E-state index is 0.0659. The highest BCUT2D eigenvalue weighted by Crippen LogP contribution is 2.20. The highest BCUT2D eigenvalue weighted by Gasteiger charge is 2.10. The molecule has 1 N–H and O–H groups in total. The van der Waals surface area contributed by atoms with E-state index in [-0.39, 0.29) is 19.1 Å². The average molecular weight is 344 g/mol. The standard InChI is InChI=1S/C16H14ClN5O2/c17-13-8-4-5-9-14(13)18-16(23)10-22-20-15(19-21-22)11-24-12-6-2-1-3-7-12/h1-9H,10-11H2,(H,18,23). The molecule has 24 heavy (non-hydrogen) atoms. The predicted molar refractivity (Wildman–Crippen MR) is 88.7 cm³/mol. The third-order valence-electron chi connectivity index (χ3n) is 3.04. The van der Waals surface area contributed by atoms with Crippen LogP contribution in [0.3, 0.4) is 0 Å². The Kier molecular flexibility index (Phi) is 5.02. The van der Waals surface area contributed by atoms with Crippen LogP contribution >= 0.6 is 11.6 Å². The summed E-state index contributed by atoms with van der Waals surface area (Å²) in [4.78, 5) is 13.2. The fourth-order valence-corrected chi connectivity index (χ4v) is 2.13. The van der Waals surface area contributed by atoms with E-state index < -0.39 is 0 Å². The zero-order chi connectivity index (χ0) is 16.8. The summed E-state index contributed by atoms with van der Waals surface area (Å²) in [6.45, 7) is 0.111. The Hall–Kier alpha value is -2.93. The van der Waals surface area contributed by atoms with Crippen molar-refractivity contribution in [2.24, 2.45) is 0 Å². The van der Waals surface area contributed by atoms with Crippen LogP contribution in [0.1, 0.15) is 5.82 Å². The number of benzene rings is 2. The van der Waals surface area contributed by atoms with Gasteiger partial charge in [0, 0.05) is 0 Å². The Labute approximate surface area is 143 Å². The van der Waals surface area contributed by atoms with Crippen LogP contribution in [0.4, 0.5) is 5.69 Å². The van der Waals surface area contributed by atoms with Gasteiger partial charge in [-0.25, -0.2) is 0 Å². The van der Waals surface area contributed by atoms with Crippen molar-refractivity contribution in [1.29, 1.82) is 0 Å². The molecular formula is C16H14ClN5O2. The SMILES string of the molecule is O=C(Cn1nnc(COc2ccccc2)n1)Nc1ccccc1Cl. The van der Waals surface area contributed by atoms with Gasteiger partial charge in [0.2, 0.25) is 11.7 Å². The van der Waals surface area contributed by atoms with Crippen LogP contribution in [0.5, 0.6) is 5.75 Å². The number of nitrogens with zero attached hydrogens (tertiary/aromatic N) is 4. The number of carbonyl (C=O) groups is 1. The zero-order valence-corrected chi connectivity index (χ0v) is 13.3. The number of carbonyl (C=O) groups excluding carboxylic acids is 1. The van der Waals surface area contributed by atoms with Crippen molar-refractivity contribution >= 4 is 23.2 Å². The number of para-hydroxylation sites is 2. The molecular weight excluding hydrogens is 330 g/mol. The van der Waals surface area contributed by atoms with Gasteiger partial charge in [0.15, 0.2) is 6.61 Å². The van der Waals surface area contributed by atoms with E-state index in [1.807, 2.05) is 30.3 Å². The Balaban J connectivity index is 1.54. The first-order valence-corrected chi connectivity index (χ1v) is 7.57. The summed E-state index contributed by atoms with van der Waals surface area (Å²) in [5, 5.41) is 15.0. The summed E-state index contributed by atoms with van der Waals surface area (Å²) in [6.07, 6.45) is 0. The van der Waals surface area contributed by atoms with Crippen LogP contribution in [0.25, 0.3) is 0 Å². The Morgan fingerprint density at radius 3 is 2.67 bits per heavy atom. The molecule has 0 aliphatic carbocycles. The molecule has 0 unspecified atom stereocenters. The number of anilines is 1. The minimum atomic E-state index is -0.295. The highest BCUT2D eigenvalue weighted by atomic mass is 35.5. The normalized spacial score (nSPS) is 10.4. The van der Waals surface area contributed by atoms with Crippen molar-refractivity contribution in [1.82, 2.24) is 20.2 Å². The van der Waals surface area contributed by atoms with Crippen LogP contribution in [0.2, 0.25) is 5.02 Å². The molecule has 1 heterocycles. The summed E-state index contributed by atoms with van der Waals surface area (Å²) in [5.41, 5.74) is 0.539. The summed E-state index contributed by atoms with van der Waals surface area (Å²) in [6, 6.07) is 16.3. The molecule has 0 aliphatic heterocycles. The van der Waals surface area contributed by atoms with Crippen molar-refractivity contribution in [3.05, 3.63) is 65.4 Å². The molecule has 0 radical (unpaired) electrons. The van der Waals surface area contributed by atoms with Gasteiger partial charge in [-0.2, -0.15) is 4.80 Å². The van der Waals surface area contributed by atoms with Crippen molar-refractivity contribution in [3.8, 4) is 5.75 Å². The average Bonchev–Trinajstić information content (AvgIpc) is 3.03. The van der Waals surface area contributed by atoms with Gasteiger partial charge < -0.3 is 10.1 Å². The number of hydrogen-bond donors (Lipinski definition) is 1. The Morgan fingerprint density at radius 2 is 1.88 bits per heavy atom. The van der Waals surface area contributed by atoms with Crippen LogP contribution in [0.15, 0.2) is 54.6 Å². The highest BCUT2D eigenvalue weighted by molar-refractivity contribution is 6.33. The van der Waals surface area contributed by atoms with E-state index in [2.05, 4.69) is 20.7 Å². The van der Waals surface area contributed by atoms with Gasteiger partial charge in [0.05, 0.1) is 10.7 Å². The molecule has 0 atom stereocenters. The monoisotopic (exact) mass is 343 g/mol. The number of amides is 1. The van der Waals surface area contributed by atoms with Gasteiger partial charge in [-0.05, 0) is 29.5 Å². The number of tetrazole rings is 1.